The maximum Gasteiger partial charge on any atom is 0.205 e. The first kappa shape index (κ1) is 9.86. The van der Waals surface area contributed by atoms with E-state index in [1.807, 2.05) is 6.92 Å². The van der Waals surface area contributed by atoms with Gasteiger partial charge in [-0.15, -0.1) is 10.2 Å². The molecule has 0 aliphatic carbocycles. The van der Waals surface area contributed by atoms with Crippen LogP contribution in [0.25, 0.3) is 0 Å². The van der Waals surface area contributed by atoms with E-state index in [-0.39, 0.29) is 0 Å². The summed E-state index contributed by atoms with van der Waals surface area (Å²) in [6, 6.07) is 0. The van der Waals surface area contributed by atoms with Gasteiger partial charge in [-0.1, -0.05) is 11.3 Å². The van der Waals surface area contributed by atoms with E-state index in [0.29, 0.717) is 6.10 Å². The second kappa shape index (κ2) is 4.70. The van der Waals surface area contributed by atoms with Gasteiger partial charge < -0.3 is 10.1 Å². The number of rotatable bonds is 3. The van der Waals surface area contributed by atoms with Crippen LogP contribution in [0, 0.1) is 6.92 Å². The van der Waals surface area contributed by atoms with Crippen molar-refractivity contribution in [2.45, 2.75) is 32.3 Å². The molecule has 1 unspecified atom stereocenters. The van der Waals surface area contributed by atoms with Gasteiger partial charge in [0.1, 0.15) is 5.01 Å². The number of aryl methyl sites for hydroxylation is 1. The lowest BCUT2D eigenvalue weighted by Crippen LogP contribution is -2.26. The second-order valence-electron chi connectivity index (χ2n) is 3.50. The molecule has 78 valence electrons. The van der Waals surface area contributed by atoms with E-state index in [1.54, 1.807) is 11.3 Å². The van der Waals surface area contributed by atoms with E-state index in [2.05, 4.69) is 15.5 Å². The molecular weight excluding hydrogens is 198 g/mol. The minimum absolute atomic E-state index is 0.355. The first-order valence-corrected chi connectivity index (χ1v) is 5.82. The fourth-order valence-electron chi connectivity index (χ4n) is 1.54. The summed E-state index contributed by atoms with van der Waals surface area (Å²) in [5.74, 6) is 0. The molecule has 1 aromatic rings. The van der Waals surface area contributed by atoms with Crippen LogP contribution in [0.15, 0.2) is 0 Å². The van der Waals surface area contributed by atoms with E-state index in [4.69, 9.17) is 4.74 Å². The maximum atomic E-state index is 5.60. The largest absolute Gasteiger partial charge is 0.376 e. The van der Waals surface area contributed by atoms with Crippen molar-refractivity contribution in [3.63, 3.8) is 0 Å². The lowest BCUT2D eigenvalue weighted by atomic mass is 10.1. The Morgan fingerprint density at radius 1 is 1.50 bits per heavy atom. The van der Waals surface area contributed by atoms with Crippen LogP contribution in [-0.4, -0.2) is 29.5 Å². The fourth-order valence-corrected chi connectivity index (χ4v) is 2.14. The highest BCUT2D eigenvalue weighted by molar-refractivity contribution is 7.15. The summed E-state index contributed by atoms with van der Waals surface area (Å²) in [6.45, 7) is 3.72. The molecule has 4 nitrogen and oxygen atoms in total. The van der Waals surface area contributed by atoms with Crippen molar-refractivity contribution in [2.24, 2.45) is 0 Å². The van der Waals surface area contributed by atoms with Crippen LogP contribution >= 0.6 is 11.3 Å². The van der Waals surface area contributed by atoms with Crippen molar-refractivity contribution in [2.75, 3.05) is 18.5 Å². The quantitative estimate of drug-likeness (QED) is 0.832. The SMILES string of the molecule is Cc1nnc(NCC2CCCCO2)s1. The van der Waals surface area contributed by atoms with Crippen molar-refractivity contribution in [1.82, 2.24) is 10.2 Å². The molecule has 2 heterocycles. The van der Waals surface area contributed by atoms with Crippen molar-refractivity contribution in [3.05, 3.63) is 5.01 Å². The minimum atomic E-state index is 0.355. The van der Waals surface area contributed by atoms with Crippen LogP contribution in [0.1, 0.15) is 24.3 Å². The van der Waals surface area contributed by atoms with Gasteiger partial charge in [0.05, 0.1) is 6.10 Å². The first-order valence-electron chi connectivity index (χ1n) is 5.00. The Bertz CT molecular complexity index is 283. The van der Waals surface area contributed by atoms with Crippen molar-refractivity contribution < 1.29 is 4.74 Å². The Labute approximate surface area is 87.7 Å². The zero-order valence-corrected chi connectivity index (χ0v) is 9.14. The average Bonchev–Trinajstić information content (AvgIpc) is 2.63. The Kier molecular flexibility index (Phi) is 3.31. The Balaban J connectivity index is 1.76. The summed E-state index contributed by atoms with van der Waals surface area (Å²) >= 11 is 1.59. The predicted octanol–water partition coefficient (Wildman–Crippen LogP) is 1.83. The highest BCUT2D eigenvalue weighted by Gasteiger charge is 2.13. The van der Waals surface area contributed by atoms with E-state index in [1.165, 1.54) is 12.8 Å². The molecule has 2 rings (SSSR count). The number of aromatic nitrogens is 2. The minimum Gasteiger partial charge on any atom is -0.376 e. The molecule has 0 amide bonds. The van der Waals surface area contributed by atoms with Gasteiger partial charge in [0.25, 0.3) is 0 Å². The smallest absolute Gasteiger partial charge is 0.205 e. The van der Waals surface area contributed by atoms with E-state index < -0.39 is 0 Å². The molecule has 1 N–H and O–H groups in total. The predicted molar refractivity (Wildman–Crippen MR) is 56.7 cm³/mol. The lowest BCUT2D eigenvalue weighted by Gasteiger charge is -2.22. The molecule has 0 saturated carbocycles. The van der Waals surface area contributed by atoms with Crippen molar-refractivity contribution >= 4 is 16.5 Å². The van der Waals surface area contributed by atoms with Gasteiger partial charge in [-0.05, 0) is 26.2 Å². The van der Waals surface area contributed by atoms with Gasteiger partial charge in [0.15, 0.2) is 0 Å². The molecule has 0 bridgehead atoms. The number of hydrogen-bond acceptors (Lipinski definition) is 5. The van der Waals surface area contributed by atoms with Gasteiger partial charge in [-0.25, -0.2) is 0 Å². The number of hydrogen-bond donors (Lipinski definition) is 1. The Hall–Kier alpha value is -0.680. The summed E-state index contributed by atoms with van der Waals surface area (Å²) in [5.41, 5.74) is 0. The van der Waals surface area contributed by atoms with Crippen LogP contribution < -0.4 is 5.32 Å². The lowest BCUT2D eigenvalue weighted by molar-refractivity contribution is 0.0247. The standard InChI is InChI=1S/C9H15N3OS/c1-7-11-12-9(14-7)10-6-8-4-2-3-5-13-8/h8H,2-6H2,1H3,(H,10,12). The summed E-state index contributed by atoms with van der Waals surface area (Å²) in [7, 11) is 0. The van der Waals surface area contributed by atoms with E-state index in [0.717, 1.165) is 29.7 Å². The molecule has 0 aromatic carbocycles. The summed E-state index contributed by atoms with van der Waals surface area (Å²) in [5, 5.41) is 13.1. The Morgan fingerprint density at radius 2 is 2.43 bits per heavy atom. The third kappa shape index (κ3) is 2.65. The van der Waals surface area contributed by atoms with Crippen LogP contribution in [0.4, 0.5) is 5.13 Å². The van der Waals surface area contributed by atoms with Gasteiger partial charge in [-0.3, -0.25) is 0 Å². The highest BCUT2D eigenvalue weighted by Crippen LogP contribution is 2.16. The molecule has 5 heteroatoms. The monoisotopic (exact) mass is 213 g/mol. The van der Waals surface area contributed by atoms with Gasteiger partial charge in [0.2, 0.25) is 5.13 Å². The van der Waals surface area contributed by atoms with Crippen LogP contribution in [0.5, 0.6) is 0 Å². The Morgan fingerprint density at radius 3 is 3.07 bits per heavy atom. The van der Waals surface area contributed by atoms with E-state index in [9.17, 15) is 0 Å². The van der Waals surface area contributed by atoms with Gasteiger partial charge >= 0.3 is 0 Å². The van der Waals surface area contributed by atoms with Gasteiger partial charge in [-0.2, -0.15) is 0 Å². The zero-order valence-electron chi connectivity index (χ0n) is 8.32. The van der Waals surface area contributed by atoms with E-state index >= 15 is 0 Å². The molecule has 1 aliphatic rings. The number of ether oxygens (including phenoxy) is 1. The fraction of sp³-hybridized carbons (Fsp3) is 0.778. The molecule has 1 aliphatic heterocycles. The van der Waals surface area contributed by atoms with Crippen molar-refractivity contribution in [1.29, 1.82) is 0 Å². The molecule has 14 heavy (non-hydrogen) atoms. The second-order valence-corrected chi connectivity index (χ2v) is 4.68. The molecule has 1 saturated heterocycles. The molecule has 1 aromatic heterocycles. The molecule has 0 spiro atoms. The summed E-state index contributed by atoms with van der Waals surface area (Å²) < 4.78 is 5.60. The topological polar surface area (TPSA) is 47.0 Å². The van der Waals surface area contributed by atoms with Crippen LogP contribution in [0.2, 0.25) is 0 Å². The van der Waals surface area contributed by atoms with Crippen molar-refractivity contribution in [3.8, 4) is 0 Å². The number of nitrogens with zero attached hydrogens (tertiary/aromatic N) is 2. The van der Waals surface area contributed by atoms with Crippen LogP contribution in [0.3, 0.4) is 0 Å². The summed E-state index contributed by atoms with van der Waals surface area (Å²) in [4.78, 5) is 0. The molecular formula is C9H15N3OS. The van der Waals surface area contributed by atoms with Crippen LogP contribution in [-0.2, 0) is 4.74 Å². The summed E-state index contributed by atoms with van der Waals surface area (Å²) in [6.07, 6.45) is 3.99. The third-order valence-corrected chi connectivity index (χ3v) is 3.08. The molecule has 1 fully saturated rings. The van der Waals surface area contributed by atoms with Gasteiger partial charge in [0, 0.05) is 13.2 Å². The number of anilines is 1. The normalized spacial score (nSPS) is 22.2. The number of nitrogens with one attached hydrogen (secondary N) is 1. The highest BCUT2D eigenvalue weighted by atomic mass is 32.1. The third-order valence-electron chi connectivity index (χ3n) is 2.28. The molecule has 1 atom stereocenters. The average molecular weight is 213 g/mol. The first-order chi connectivity index (χ1) is 6.84. The zero-order chi connectivity index (χ0) is 9.80. The molecule has 0 radical (unpaired) electrons. The maximum absolute atomic E-state index is 5.60.